The first-order valence-electron chi connectivity index (χ1n) is 6.01. The average Bonchev–Trinajstić information content (AvgIpc) is 2.26. The summed E-state index contributed by atoms with van der Waals surface area (Å²) < 4.78 is 13.0. The van der Waals surface area contributed by atoms with Gasteiger partial charge in [0.15, 0.2) is 0 Å². The highest BCUT2D eigenvalue weighted by atomic mass is 19.1. The van der Waals surface area contributed by atoms with Crippen molar-refractivity contribution in [3.8, 4) is 0 Å². The molecular weight excluding hydrogens is 219 g/mol. The smallest absolute Gasteiger partial charge is 0.141 e. The third kappa shape index (κ3) is 4.79. The van der Waals surface area contributed by atoms with Crippen LogP contribution in [0.15, 0.2) is 18.5 Å². The summed E-state index contributed by atoms with van der Waals surface area (Å²) in [6.07, 6.45) is 4.50. The molecule has 0 bridgehead atoms. The first kappa shape index (κ1) is 14.1. The zero-order chi connectivity index (χ0) is 12.9. The highest BCUT2D eigenvalue weighted by molar-refractivity contribution is 5.14. The van der Waals surface area contributed by atoms with Crippen molar-refractivity contribution in [3.63, 3.8) is 0 Å². The van der Waals surface area contributed by atoms with Crippen LogP contribution in [0, 0.1) is 5.82 Å². The number of rotatable bonds is 6. The Balaban J connectivity index is 2.52. The molecule has 0 amide bonds. The minimum Gasteiger partial charge on any atom is -0.389 e. The van der Waals surface area contributed by atoms with E-state index in [1.165, 1.54) is 12.3 Å². The minimum atomic E-state index is -0.718. The highest BCUT2D eigenvalue weighted by Gasteiger charge is 2.20. The third-order valence-electron chi connectivity index (χ3n) is 2.80. The number of hydrogen-bond acceptors (Lipinski definition) is 3. The summed E-state index contributed by atoms with van der Waals surface area (Å²) in [5.41, 5.74) is 0.0707. The van der Waals surface area contributed by atoms with Gasteiger partial charge in [-0.05, 0) is 31.9 Å². The van der Waals surface area contributed by atoms with Crippen LogP contribution in [0.25, 0.3) is 0 Å². The zero-order valence-corrected chi connectivity index (χ0v) is 10.7. The Labute approximate surface area is 102 Å². The van der Waals surface area contributed by atoms with Gasteiger partial charge >= 0.3 is 0 Å². The molecule has 0 saturated carbocycles. The van der Waals surface area contributed by atoms with E-state index in [2.05, 4.69) is 10.3 Å². The van der Waals surface area contributed by atoms with Crippen LogP contribution in [-0.4, -0.2) is 22.2 Å². The normalized spacial score (nSPS) is 16.5. The zero-order valence-electron chi connectivity index (χ0n) is 10.7. The second-order valence-electron chi connectivity index (χ2n) is 4.79. The van der Waals surface area contributed by atoms with Crippen LogP contribution in [0.2, 0.25) is 0 Å². The second kappa shape index (κ2) is 6.07. The molecule has 1 aromatic rings. The summed E-state index contributed by atoms with van der Waals surface area (Å²) >= 11 is 0. The molecule has 1 aromatic heterocycles. The van der Waals surface area contributed by atoms with Crippen molar-refractivity contribution in [2.75, 3.05) is 6.54 Å². The number of nitrogens with zero attached hydrogens (tertiary/aromatic N) is 1. The van der Waals surface area contributed by atoms with Gasteiger partial charge in [0.1, 0.15) is 5.82 Å². The van der Waals surface area contributed by atoms with E-state index in [1.807, 2.05) is 13.8 Å². The Morgan fingerprint density at radius 1 is 1.53 bits per heavy atom. The lowest BCUT2D eigenvalue weighted by Gasteiger charge is -2.25. The molecule has 0 aliphatic carbocycles. The van der Waals surface area contributed by atoms with Gasteiger partial charge in [0.05, 0.1) is 11.8 Å². The Kier molecular flexibility index (Phi) is 5.02. The average molecular weight is 240 g/mol. The lowest BCUT2D eigenvalue weighted by atomic mass is 10.00. The maximum Gasteiger partial charge on any atom is 0.141 e. The van der Waals surface area contributed by atoms with Crippen molar-refractivity contribution in [2.24, 2.45) is 0 Å². The molecule has 0 aliphatic rings. The lowest BCUT2D eigenvalue weighted by Crippen LogP contribution is -2.38. The predicted molar refractivity (Wildman–Crippen MR) is 66.1 cm³/mol. The van der Waals surface area contributed by atoms with Crippen molar-refractivity contribution in [2.45, 2.75) is 45.3 Å². The van der Waals surface area contributed by atoms with Crippen molar-refractivity contribution in [1.82, 2.24) is 10.3 Å². The number of hydrogen-bond donors (Lipinski definition) is 2. The van der Waals surface area contributed by atoms with Gasteiger partial charge in [-0.25, -0.2) is 4.39 Å². The van der Waals surface area contributed by atoms with Crippen molar-refractivity contribution in [3.05, 3.63) is 29.8 Å². The van der Waals surface area contributed by atoms with Gasteiger partial charge in [-0.2, -0.15) is 0 Å². The maximum absolute atomic E-state index is 13.0. The van der Waals surface area contributed by atoms with E-state index >= 15 is 0 Å². The summed E-state index contributed by atoms with van der Waals surface area (Å²) in [5.74, 6) is -0.337. The number of aliphatic hydroxyl groups is 1. The number of aromatic nitrogens is 1. The van der Waals surface area contributed by atoms with E-state index in [0.717, 1.165) is 18.4 Å². The molecule has 2 unspecified atom stereocenters. The van der Waals surface area contributed by atoms with E-state index in [9.17, 15) is 9.50 Å². The quantitative estimate of drug-likeness (QED) is 0.802. The number of pyridine rings is 1. The van der Waals surface area contributed by atoms with Gasteiger partial charge in [-0.1, -0.05) is 13.3 Å². The Bertz CT molecular complexity index is 355. The van der Waals surface area contributed by atoms with Crippen LogP contribution in [0.4, 0.5) is 4.39 Å². The summed E-state index contributed by atoms with van der Waals surface area (Å²) in [6, 6.07) is 1.43. The molecule has 0 spiro atoms. The van der Waals surface area contributed by atoms with Gasteiger partial charge in [-0.15, -0.1) is 0 Å². The van der Waals surface area contributed by atoms with E-state index in [4.69, 9.17) is 0 Å². The Hall–Kier alpha value is -1.00. The highest BCUT2D eigenvalue weighted by Crippen LogP contribution is 2.15. The predicted octanol–water partition coefficient (Wildman–Crippen LogP) is 2.42. The fourth-order valence-electron chi connectivity index (χ4n) is 1.78. The molecule has 0 fully saturated rings. The molecule has 0 aliphatic heterocycles. The van der Waals surface area contributed by atoms with Gasteiger partial charge in [-0.3, -0.25) is 4.98 Å². The Morgan fingerprint density at radius 2 is 2.24 bits per heavy atom. The van der Waals surface area contributed by atoms with Crippen LogP contribution in [0.5, 0.6) is 0 Å². The summed E-state index contributed by atoms with van der Waals surface area (Å²) in [7, 11) is 0. The molecule has 4 heteroatoms. The monoisotopic (exact) mass is 240 g/mol. The van der Waals surface area contributed by atoms with Gasteiger partial charge in [0.2, 0.25) is 0 Å². The van der Waals surface area contributed by atoms with E-state index in [0.29, 0.717) is 6.54 Å². The van der Waals surface area contributed by atoms with Crippen LogP contribution in [0.3, 0.4) is 0 Å². The van der Waals surface area contributed by atoms with Gasteiger partial charge in [0, 0.05) is 18.8 Å². The van der Waals surface area contributed by atoms with Gasteiger partial charge < -0.3 is 10.4 Å². The van der Waals surface area contributed by atoms with Crippen LogP contribution in [0.1, 0.15) is 45.2 Å². The topological polar surface area (TPSA) is 45.1 Å². The molecule has 1 rings (SSSR count). The SMILES string of the molecule is CCCC(C)(O)CNC(C)c1cncc(F)c1. The van der Waals surface area contributed by atoms with Gasteiger partial charge in [0.25, 0.3) is 0 Å². The molecule has 17 heavy (non-hydrogen) atoms. The molecule has 3 nitrogen and oxygen atoms in total. The fourth-order valence-corrected chi connectivity index (χ4v) is 1.78. The standard InChI is InChI=1S/C13H21FN2O/c1-4-5-13(3,17)9-16-10(2)11-6-12(14)8-15-7-11/h6-8,10,16-17H,4-5,9H2,1-3H3. The second-order valence-corrected chi connectivity index (χ2v) is 4.79. The Morgan fingerprint density at radius 3 is 2.82 bits per heavy atom. The van der Waals surface area contributed by atoms with Crippen molar-refractivity contribution >= 4 is 0 Å². The molecule has 0 saturated heterocycles. The minimum absolute atomic E-state index is 0.0264. The summed E-state index contributed by atoms with van der Waals surface area (Å²) in [6.45, 7) is 6.26. The molecule has 0 radical (unpaired) electrons. The van der Waals surface area contributed by atoms with E-state index < -0.39 is 5.60 Å². The van der Waals surface area contributed by atoms with Crippen molar-refractivity contribution < 1.29 is 9.50 Å². The third-order valence-corrected chi connectivity index (χ3v) is 2.80. The number of nitrogens with one attached hydrogen (secondary N) is 1. The molecule has 96 valence electrons. The molecule has 2 atom stereocenters. The first-order chi connectivity index (χ1) is 7.94. The number of halogens is 1. The summed E-state index contributed by atoms with van der Waals surface area (Å²) in [5, 5.41) is 13.2. The summed E-state index contributed by atoms with van der Waals surface area (Å²) in [4.78, 5) is 3.81. The molecule has 2 N–H and O–H groups in total. The van der Waals surface area contributed by atoms with E-state index in [1.54, 1.807) is 13.1 Å². The largest absolute Gasteiger partial charge is 0.389 e. The van der Waals surface area contributed by atoms with Crippen molar-refractivity contribution in [1.29, 1.82) is 0 Å². The molecule has 1 heterocycles. The maximum atomic E-state index is 13.0. The fraction of sp³-hybridized carbons (Fsp3) is 0.615. The van der Waals surface area contributed by atoms with E-state index in [-0.39, 0.29) is 11.9 Å². The lowest BCUT2D eigenvalue weighted by molar-refractivity contribution is 0.0476. The van der Waals surface area contributed by atoms with Crippen LogP contribution in [-0.2, 0) is 0 Å². The molecular formula is C13H21FN2O. The first-order valence-corrected chi connectivity index (χ1v) is 6.01. The molecule has 0 aromatic carbocycles. The van der Waals surface area contributed by atoms with Crippen LogP contribution >= 0.6 is 0 Å². The van der Waals surface area contributed by atoms with Crippen LogP contribution < -0.4 is 5.32 Å².